The van der Waals surface area contributed by atoms with Gasteiger partial charge in [0, 0.05) is 30.1 Å². The third kappa shape index (κ3) is 6.36. The molecule has 4 nitrogen and oxygen atoms in total. The van der Waals surface area contributed by atoms with Crippen molar-refractivity contribution in [1.29, 1.82) is 0 Å². The number of nitrogens with zero attached hydrogens (tertiary/aromatic N) is 1. The van der Waals surface area contributed by atoms with Crippen LogP contribution < -0.4 is 4.74 Å². The maximum absolute atomic E-state index is 12.3. The number of aliphatic hydroxyl groups excluding tert-OH is 1. The Balaban J connectivity index is 2.02. The smallest absolute Gasteiger partial charge is 0.223 e. The first-order valence-electron chi connectivity index (χ1n) is 8.83. The second-order valence-electron chi connectivity index (χ2n) is 6.66. The highest BCUT2D eigenvalue weighted by molar-refractivity contribution is 6.31. The number of carbonyl (C=O) groups excluding carboxylic acids is 1. The lowest BCUT2D eigenvalue weighted by Crippen LogP contribution is -2.33. The Morgan fingerprint density at radius 2 is 1.96 bits per heavy atom. The maximum Gasteiger partial charge on any atom is 0.223 e. The van der Waals surface area contributed by atoms with Crippen LogP contribution in [0.5, 0.6) is 5.75 Å². The molecule has 0 heterocycles. The van der Waals surface area contributed by atoms with E-state index in [1.165, 1.54) is 0 Å². The van der Waals surface area contributed by atoms with E-state index in [4.69, 9.17) is 16.3 Å². The number of hydrogen-bond donors (Lipinski definition) is 1. The van der Waals surface area contributed by atoms with E-state index in [1.807, 2.05) is 62.4 Å². The normalized spacial score (nSPS) is 10.8. The van der Waals surface area contributed by atoms with Crippen LogP contribution in [0.25, 0.3) is 0 Å². The van der Waals surface area contributed by atoms with Gasteiger partial charge in [-0.15, -0.1) is 0 Å². The molecule has 2 aromatic carbocycles. The van der Waals surface area contributed by atoms with Crippen LogP contribution in [-0.2, 0) is 17.9 Å². The van der Waals surface area contributed by atoms with Crippen LogP contribution in [0.4, 0.5) is 0 Å². The van der Waals surface area contributed by atoms with Gasteiger partial charge in [0.15, 0.2) is 0 Å². The highest BCUT2D eigenvalue weighted by Gasteiger charge is 2.15. The van der Waals surface area contributed by atoms with E-state index in [2.05, 4.69) is 0 Å². The van der Waals surface area contributed by atoms with Gasteiger partial charge < -0.3 is 14.7 Å². The molecule has 1 amide bonds. The lowest BCUT2D eigenvalue weighted by Gasteiger charge is -2.23. The molecule has 0 saturated heterocycles. The molecule has 0 spiro atoms. The summed E-state index contributed by atoms with van der Waals surface area (Å²) in [5, 5.41) is 9.94. The van der Waals surface area contributed by atoms with Crippen molar-refractivity contribution in [2.24, 2.45) is 5.92 Å². The molecule has 0 radical (unpaired) electrons. The SMILES string of the molecule is CC(C)CC(=O)N(CCO)Cc1cccc(OCc2ccccc2Cl)c1. The molecule has 0 aromatic heterocycles. The number of amides is 1. The molecule has 0 aliphatic carbocycles. The first-order chi connectivity index (χ1) is 12.5. The van der Waals surface area contributed by atoms with Gasteiger partial charge in [0.2, 0.25) is 5.91 Å². The lowest BCUT2D eigenvalue weighted by molar-refractivity contribution is -0.133. The Kier molecular flexibility index (Phi) is 7.95. The zero-order valence-corrected chi connectivity index (χ0v) is 16.1. The summed E-state index contributed by atoms with van der Waals surface area (Å²) in [6.07, 6.45) is 0.475. The van der Waals surface area contributed by atoms with Crippen molar-refractivity contribution in [2.75, 3.05) is 13.2 Å². The molecule has 0 aliphatic rings. The van der Waals surface area contributed by atoms with Gasteiger partial charge in [0.25, 0.3) is 0 Å². The zero-order chi connectivity index (χ0) is 18.9. The van der Waals surface area contributed by atoms with Gasteiger partial charge in [-0.1, -0.05) is 55.8 Å². The molecule has 0 aliphatic heterocycles. The van der Waals surface area contributed by atoms with Crippen molar-refractivity contribution >= 4 is 17.5 Å². The van der Waals surface area contributed by atoms with Crippen molar-refractivity contribution in [3.8, 4) is 5.75 Å². The second-order valence-corrected chi connectivity index (χ2v) is 7.07. The van der Waals surface area contributed by atoms with E-state index in [1.54, 1.807) is 4.90 Å². The highest BCUT2D eigenvalue weighted by Crippen LogP contribution is 2.20. The first-order valence-corrected chi connectivity index (χ1v) is 9.21. The average molecular weight is 376 g/mol. The molecule has 1 N–H and O–H groups in total. The summed E-state index contributed by atoms with van der Waals surface area (Å²) in [5.74, 6) is 1.06. The van der Waals surface area contributed by atoms with Crippen LogP contribution in [0, 0.1) is 5.92 Å². The van der Waals surface area contributed by atoms with E-state index in [0.717, 1.165) is 16.9 Å². The van der Waals surface area contributed by atoms with Crippen LogP contribution in [0.15, 0.2) is 48.5 Å². The third-order valence-electron chi connectivity index (χ3n) is 3.93. The maximum atomic E-state index is 12.3. The largest absolute Gasteiger partial charge is 0.489 e. The van der Waals surface area contributed by atoms with Crippen LogP contribution in [0.3, 0.4) is 0 Å². The summed E-state index contributed by atoms with van der Waals surface area (Å²) in [6.45, 7) is 5.14. The third-order valence-corrected chi connectivity index (χ3v) is 4.30. The van der Waals surface area contributed by atoms with Crippen LogP contribution in [0.2, 0.25) is 5.02 Å². The molecule has 26 heavy (non-hydrogen) atoms. The zero-order valence-electron chi connectivity index (χ0n) is 15.3. The fourth-order valence-electron chi connectivity index (χ4n) is 2.62. The lowest BCUT2D eigenvalue weighted by atomic mass is 10.1. The number of halogens is 1. The van der Waals surface area contributed by atoms with Crippen molar-refractivity contribution in [3.63, 3.8) is 0 Å². The number of aliphatic hydroxyl groups is 1. The number of ether oxygens (including phenoxy) is 1. The Morgan fingerprint density at radius 3 is 2.65 bits per heavy atom. The summed E-state index contributed by atoms with van der Waals surface area (Å²) in [5.41, 5.74) is 1.89. The summed E-state index contributed by atoms with van der Waals surface area (Å²) < 4.78 is 5.84. The summed E-state index contributed by atoms with van der Waals surface area (Å²) >= 11 is 6.15. The molecule has 0 bridgehead atoms. The van der Waals surface area contributed by atoms with E-state index >= 15 is 0 Å². The minimum absolute atomic E-state index is 0.0491. The molecule has 2 rings (SSSR count). The number of carbonyl (C=O) groups is 1. The molecule has 0 unspecified atom stereocenters. The average Bonchev–Trinajstić information content (AvgIpc) is 2.60. The molecular formula is C21H26ClNO3. The van der Waals surface area contributed by atoms with Gasteiger partial charge in [-0.2, -0.15) is 0 Å². The predicted molar refractivity (Wildman–Crippen MR) is 104 cm³/mol. The Labute approximate surface area is 160 Å². The molecule has 2 aromatic rings. The summed E-state index contributed by atoms with van der Waals surface area (Å²) in [7, 11) is 0. The van der Waals surface area contributed by atoms with E-state index < -0.39 is 0 Å². The van der Waals surface area contributed by atoms with Crippen LogP contribution in [-0.4, -0.2) is 29.1 Å². The van der Waals surface area contributed by atoms with Crippen molar-refractivity contribution in [3.05, 3.63) is 64.7 Å². The summed E-state index contributed by atoms with van der Waals surface area (Å²) in [4.78, 5) is 14.0. The number of rotatable bonds is 9. The Bertz CT molecular complexity index is 718. The predicted octanol–water partition coefficient (Wildman–Crippen LogP) is 4.29. The minimum atomic E-state index is -0.0491. The standard InChI is InChI=1S/C21H26ClNO3/c1-16(2)12-21(25)23(10-11-24)14-17-6-5-8-19(13-17)26-15-18-7-3-4-9-20(18)22/h3-9,13,16,24H,10-12,14-15H2,1-2H3. The van der Waals surface area contributed by atoms with Crippen LogP contribution >= 0.6 is 11.6 Å². The van der Waals surface area contributed by atoms with Gasteiger partial charge in [0.05, 0.1) is 6.61 Å². The van der Waals surface area contributed by atoms with Crippen molar-refractivity contribution in [2.45, 2.75) is 33.4 Å². The van der Waals surface area contributed by atoms with Crippen LogP contribution in [0.1, 0.15) is 31.4 Å². The molecule has 0 atom stereocenters. The Morgan fingerprint density at radius 1 is 1.19 bits per heavy atom. The number of hydrogen-bond acceptors (Lipinski definition) is 3. The van der Waals surface area contributed by atoms with Crippen molar-refractivity contribution < 1.29 is 14.6 Å². The van der Waals surface area contributed by atoms with E-state index in [9.17, 15) is 9.90 Å². The quantitative estimate of drug-likeness (QED) is 0.711. The van der Waals surface area contributed by atoms with Gasteiger partial charge >= 0.3 is 0 Å². The van der Waals surface area contributed by atoms with Gasteiger partial charge in [-0.25, -0.2) is 0 Å². The summed E-state index contributed by atoms with van der Waals surface area (Å²) in [6, 6.07) is 15.2. The molecular weight excluding hydrogens is 350 g/mol. The fraction of sp³-hybridized carbons (Fsp3) is 0.381. The molecule has 0 fully saturated rings. The number of benzene rings is 2. The Hall–Kier alpha value is -2.04. The minimum Gasteiger partial charge on any atom is -0.489 e. The second kappa shape index (κ2) is 10.2. The molecule has 0 saturated carbocycles. The van der Waals surface area contributed by atoms with E-state index in [0.29, 0.717) is 31.1 Å². The molecule has 5 heteroatoms. The van der Waals surface area contributed by atoms with Gasteiger partial charge in [0.1, 0.15) is 12.4 Å². The first kappa shape index (κ1) is 20.3. The fourth-order valence-corrected chi connectivity index (χ4v) is 2.81. The highest BCUT2D eigenvalue weighted by atomic mass is 35.5. The topological polar surface area (TPSA) is 49.8 Å². The molecule has 140 valence electrons. The monoisotopic (exact) mass is 375 g/mol. The van der Waals surface area contributed by atoms with Gasteiger partial charge in [-0.05, 0) is 29.7 Å². The van der Waals surface area contributed by atoms with E-state index in [-0.39, 0.29) is 18.4 Å². The van der Waals surface area contributed by atoms with Crippen molar-refractivity contribution in [1.82, 2.24) is 4.90 Å². The van der Waals surface area contributed by atoms with Gasteiger partial charge in [-0.3, -0.25) is 4.79 Å².